The van der Waals surface area contributed by atoms with E-state index in [2.05, 4.69) is 9.97 Å². The lowest BCUT2D eigenvalue weighted by molar-refractivity contribution is 0.0218. The predicted molar refractivity (Wildman–Crippen MR) is 104 cm³/mol. The van der Waals surface area contributed by atoms with E-state index in [-0.39, 0.29) is 28.0 Å². The van der Waals surface area contributed by atoms with Crippen molar-refractivity contribution in [1.29, 1.82) is 0 Å². The van der Waals surface area contributed by atoms with Crippen LogP contribution in [0.15, 0.2) is 6.07 Å². The van der Waals surface area contributed by atoms with Crippen LogP contribution in [-0.4, -0.2) is 52.2 Å². The summed E-state index contributed by atoms with van der Waals surface area (Å²) < 4.78 is 34.0. The van der Waals surface area contributed by atoms with Gasteiger partial charge in [0.1, 0.15) is 16.9 Å². The maximum atomic E-state index is 14.6. The van der Waals surface area contributed by atoms with E-state index in [1.807, 2.05) is 11.8 Å². The Bertz CT molecular complexity index is 933. The zero-order valence-electron chi connectivity index (χ0n) is 16.5. The first kappa shape index (κ1) is 20.5. The third-order valence-corrected chi connectivity index (χ3v) is 5.01. The van der Waals surface area contributed by atoms with Gasteiger partial charge in [-0.3, -0.25) is 0 Å². The number of ether oxygens (including phenoxy) is 1. The van der Waals surface area contributed by atoms with Gasteiger partial charge in [-0.2, -0.15) is 14.4 Å². The number of benzene rings is 1. The predicted octanol–water partition coefficient (Wildman–Crippen LogP) is 4.32. The maximum Gasteiger partial charge on any atom is 0.410 e. The fourth-order valence-corrected chi connectivity index (χ4v) is 3.42. The molecule has 1 aliphatic rings. The third-order valence-electron chi connectivity index (χ3n) is 4.62. The van der Waals surface area contributed by atoms with Gasteiger partial charge >= 0.3 is 12.2 Å². The number of halogens is 3. The standard InChI is InChI=1S/C19H23ClF2N4O2/c1-10-9-25(18(27)28-19(3,4)5)6-7-26(10)16-12-8-13(20)11(2)14(21)15(12)23-17(22)24-16/h8,10H,6-7,9H2,1-5H3/t10-/m0/s1. The summed E-state index contributed by atoms with van der Waals surface area (Å²) in [5.74, 6) is -0.398. The molecule has 0 N–H and O–H groups in total. The molecule has 0 radical (unpaired) electrons. The first-order valence-corrected chi connectivity index (χ1v) is 9.42. The summed E-state index contributed by atoms with van der Waals surface area (Å²) in [6.07, 6.45) is -1.41. The van der Waals surface area contributed by atoms with Crippen LogP contribution >= 0.6 is 11.6 Å². The fraction of sp³-hybridized carbons (Fsp3) is 0.526. The second-order valence-corrected chi connectivity index (χ2v) is 8.39. The summed E-state index contributed by atoms with van der Waals surface area (Å²) in [5, 5.41) is 0.563. The summed E-state index contributed by atoms with van der Waals surface area (Å²) in [6, 6.07) is 1.36. The van der Waals surface area contributed by atoms with Gasteiger partial charge in [-0.15, -0.1) is 0 Å². The number of aromatic nitrogens is 2. The topological polar surface area (TPSA) is 58.6 Å². The van der Waals surface area contributed by atoms with Crippen LogP contribution in [0.5, 0.6) is 0 Å². The molecular weight excluding hydrogens is 390 g/mol. The van der Waals surface area contributed by atoms with E-state index in [1.54, 1.807) is 31.7 Å². The molecule has 0 unspecified atom stereocenters. The molecule has 28 heavy (non-hydrogen) atoms. The molecule has 0 spiro atoms. The monoisotopic (exact) mass is 412 g/mol. The van der Waals surface area contributed by atoms with Crippen LogP contribution in [-0.2, 0) is 4.74 Å². The summed E-state index contributed by atoms with van der Waals surface area (Å²) >= 11 is 6.13. The molecular formula is C19H23ClF2N4O2. The van der Waals surface area contributed by atoms with Crippen molar-refractivity contribution in [2.75, 3.05) is 24.5 Å². The highest BCUT2D eigenvalue weighted by molar-refractivity contribution is 6.32. The second kappa shape index (κ2) is 7.31. The van der Waals surface area contributed by atoms with Crippen molar-refractivity contribution in [1.82, 2.24) is 14.9 Å². The van der Waals surface area contributed by atoms with Gasteiger partial charge < -0.3 is 14.5 Å². The largest absolute Gasteiger partial charge is 0.444 e. The van der Waals surface area contributed by atoms with E-state index < -0.39 is 23.6 Å². The summed E-state index contributed by atoms with van der Waals surface area (Å²) in [6.45, 7) is 9.94. The lowest BCUT2D eigenvalue weighted by Gasteiger charge is -2.41. The van der Waals surface area contributed by atoms with Gasteiger partial charge in [0.25, 0.3) is 0 Å². The van der Waals surface area contributed by atoms with Crippen LogP contribution in [0.4, 0.5) is 19.4 Å². The Balaban J connectivity index is 1.93. The third kappa shape index (κ3) is 3.97. The molecule has 3 rings (SSSR count). The molecule has 1 fully saturated rings. The van der Waals surface area contributed by atoms with Gasteiger partial charge in [0.05, 0.1) is 0 Å². The minimum atomic E-state index is -1.01. The number of amides is 1. The minimum absolute atomic E-state index is 0.105. The summed E-state index contributed by atoms with van der Waals surface area (Å²) in [5.41, 5.74) is -0.484. The second-order valence-electron chi connectivity index (χ2n) is 7.98. The molecule has 6 nitrogen and oxygen atoms in total. The Hall–Kier alpha value is -2.22. The number of hydrogen-bond acceptors (Lipinski definition) is 5. The summed E-state index contributed by atoms with van der Waals surface area (Å²) in [7, 11) is 0. The maximum absolute atomic E-state index is 14.6. The van der Waals surface area contributed by atoms with Crippen molar-refractivity contribution in [3.05, 3.63) is 28.5 Å². The number of hydrogen-bond donors (Lipinski definition) is 0. The molecule has 0 saturated carbocycles. The van der Waals surface area contributed by atoms with Crippen LogP contribution in [0.2, 0.25) is 5.02 Å². The highest BCUT2D eigenvalue weighted by Gasteiger charge is 2.32. The van der Waals surface area contributed by atoms with Crippen LogP contribution in [0, 0.1) is 18.8 Å². The first-order valence-electron chi connectivity index (χ1n) is 9.04. The SMILES string of the molecule is Cc1c(Cl)cc2c(N3CCN(C(=O)OC(C)(C)C)C[C@@H]3C)nc(F)nc2c1F. The molecule has 1 aromatic heterocycles. The molecule has 1 atom stereocenters. The molecule has 1 saturated heterocycles. The van der Waals surface area contributed by atoms with Crippen molar-refractivity contribution >= 4 is 34.4 Å². The number of piperazine rings is 1. The molecule has 0 aliphatic carbocycles. The fourth-order valence-electron chi connectivity index (χ4n) is 3.23. The number of nitrogens with zero attached hydrogens (tertiary/aromatic N) is 4. The first-order chi connectivity index (χ1) is 13.0. The van der Waals surface area contributed by atoms with Crippen molar-refractivity contribution in [2.24, 2.45) is 0 Å². The number of carbonyl (C=O) groups is 1. The van der Waals surface area contributed by atoms with Crippen molar-refractivity contribution in [3.63, 3.8) is 0 Å². The Labute approximate surface area is 167 Å². The molecule has 9 heteroatoms. The van der Waals surface area contributed by atoms with Gasteiger partial charge in [-0.1, -0.05) is 11.6 Å². The lowest BCUT2D eigenvalue weighted by Crippen LogP contribution is -2.55. The molecule has 2 aromatic rings. The van der Waals surface area contributed by atoms with Crippen molar-refractivity contribution < 1.29 is 18.3 Å². The molecule has 152 valence electrons. The van der Waals surface area contributed by atoms with Crippen molar-refractivity contribution in [2.45, 2.75) is 46.3 Å². The number of fused-ring (bicyclic) bond motifs is 1. The van der Waals surface area contributed by atoms with Gasteiger partial charge in [0.15, 0.2) is 5.82 Å². The Morgan fingerprint density at radius 3 is 2.57 bits per heavy atom. The molecule has 1 aromatic carbocycles. The van der Waals surface area contributed by atoms with E-state index in [1.165, 1.54) is 6.92 Å². The molecule has 2 heterocycles. The number of anilines is 1. The minimum Gasteiger partial charge on any atom is -0.444 e. The number of carbonyl (C=O) groups excluding carboxylic acids is 1. The zero-order chi connectivity index (χ0) is 20.8. The van der Waals surface area contributed by atoms with E-state index in [0.29, 0.717) is 25.0 Å². The summed E-state index contributed by atoms with van der Waals surface area (Å²) in [4.78, 5) is 23.3. The van der Waals surface area contributed by atoms with Gasteiger partial charge in [0.2, 0.25) is 0 Å². The zero-order valence-corrected chi connectivity index (χ0v) is 17.3. The highest BCUT2D eigenvalue weighted by atomic mass is 35.5. The highest BCUT2D eigenvalue weighted by Crippen LogP contribution is 2.33. The lowest BCUT2D eigenvalue weighted by atomic mass is 10.1. The Morgan fingerprint density at radius 1 is 1.29 bits per heavy atom. The van der Waals surface area contributed by atoms with Crippen LogP contribution < -0.4 is 4.90 Å². The normalized spacial score (nSPS) is 17.9. The average molecular weight is 413 g/mol. The van der Waals surface area contributed by atoms with Gasteiger partial charge in [-0.05, 0) is 40.7 Å². The van der Waals surface area contributed by atoms with E-state index in [4.69, 9.17) is 16.3 Å². The Morgan fingerprint density at radius 2 is 1.96 bits per heavy atom. The van der Waals surface area contributed by atoms with E-state index in [9.17, 15) is 13.6 Å². The van der Waals surface area contributed by atoms with Crippen molar-refractivity contribution in [3.8, 4) is 0 Å². The Kier molecular flexibility index (Phi) is 5.36. The average Bonchev–Trinajstić information content (AvgIpc) is 2.58. The molecule has 1 aliphatic heterocycles. The smallest absolute Gasteiger partial charge is 0.410 e. The van der Waals surface area contributed by atoms with Crippen LogP contribution in [0.25, 0.3) is 10.9 Å². The van der Waals surface area contributed by atoms with E-state index in [0.717, 1.165) is 0 Å². The van der Waals surface area contributed by atoms with Crippen LogP contribution in [0.1, 0.15) is 33.3 Å². The quantitative estimate of drug-likeness (QED) is 0.653. The van der Waals surface area contributed by atoms with E-state index >= 15 is 0 Å². The van der Waals surface area contributed by atoms with Gasteiger partial charge in [-0.25, -0.2) is 9.18 Å². The molecule has 1 amide bonds. The van der Waals surface area contributed by atoms with Gasteiger partial charge in [0, 0.05) is 41.6 Å². The number of rotatable bonds is 1. The molecule has 0 bridgehead atoms. The van der Waals surface area contributed by atoms with Crippen LogP contribution in [0.3, 0.4) is 0 Å².